The molecule has 0 aromatic heterocycles. The Morgan fingerprint density at radius 3 is 1.13 bits per heavy atom. The average Bonchev–Trinajstić information content (AvgIpc) is 0.785. The number of phenols is 14. The highest BCUT2D eigenvalue weighted by atomic mass is 16.5. The van der Waals surface area contributed by atoms with Gasteiger partial charge in [0.2, 0.25) is 5.75 Å². The van der Waals surface area contributed by atoms with Crippen LogP contribution in [-0.2, 0) is 6.42 Å². The van der Waals surface area contributed by atoms with Crippen molar-refractivity contribution < 1.29 is 124 Å². The minimum absolute atomic E-state index is 0.0222. The Morgan fingerprint density at radius 1 is 0.243 bits per heavy atom. The van der Waals surface area contributed by atoms with E-state index in [4.69, 9.17) is 42.6 Å². The number of esters is 2. The molecule has 1 atom stereocenters. The van der Waals surface area contributed by atoms with Crippen LogP contribution in [0.4, 0.5) is 0 Å². The van der Waals surface area contributed by atoms with Crippen molar-refractivity contribution in [3.8, 4) is 132 Å². The highest BCUT2D eigenvalue weighted by Gasteiger charge is 2.26. The van der Waals surface area contributed by atoms with E-state index in [9.17, 15) is 81.1 Å². The van der Waals surface area contributed by atoms with Crippen LogP contribution in [0.15, 0.2) is 346 Å². The predicted molar refractivity (Wildman–Crippen MR) is 548 cm³/mol. The summed E-state index contributed by atoms with van der Waals surface area (Å²) in [5.41, 5.74) is 19.9. The zero-order valence-electron chi connectivity index (χ0n) is 76.9. The molecule has 16 aromatic rings. The molecular formula is C119H94O25. The molecule has 23 rings (SSSR count). The third-order valence-corrected chi connectivity index (χ3v) is 23.6. The third-order valence-electron chi connectivity index (χ3n) is 23.6. The molecule has 0 fully saturated rings. The number of ether oxygens (including phenoxy) is 9. The highest BCUT2D eigenvalue weighted by Crippen LogP contribution is 2.46. The maximum atomic E-state index is 12.3. The van der Waals surface area contributed by atoms with Gasteiger partial charge in [-0.25, -0.2) is 9.59 Å². The molecule has 7 heterocycles. The lowest BCUT2D eigenvalue weighted by atomic mass is 9.90. The minimum atomic E-state index is -0.416. The molecule has 0 spiro atoms. The molecule has 0 radical (unpaired) electrons. The lowest BCUT2D eigenvalue weighted by Gasteiger charge is -2.25. The van der Waals surface area contributed by atoms with E-state index in [1.165, 1.54) is 35.9 Å². The van der Waals surface area contributed by atoms with E-state index < -0.39 is 11.9 Å². The summed E-state index contributed by atoms with van der Waals surface area (Å²) in [5, 5.41) is 132. The molecule has 14 N–H and O–H groups in total. The van der Waals surface area contributed by atoms with E-state index >= 15 is 0 Å². The van der Waals surface area contributed by atoms with Gasteiger partial charge in [-0.2, -0.15) is 0 Å². The van der Waals surface area contributed by atoms with Gasteiger partial charge in [0.15, 0.2) is 23.0 Å². The lowest BCUT2D eigenvalue weighted by molar-refractivity contribution is 0.0725. The second kappa shape index (κ2) is 44.4. The first-order chi connectivity index (χ1) is 69.8. The van der Waals surface area contributed by atoms with Crippen LogP contribution in [0.25, 0.3) is 69.9 Å². The number of aromatic hydroxyl groups is 14. The molecule has 0 aliphatic carbocycles. The Bertz CT molecular complexity index is 7510. The van der Waals surface area contributed by atoms with Crippen LogP contribution in [0.1, 0.15) is 105 Å². The van der Waals surface area contributed by atoms with E-state index in [0.29, 0.717) is 120 Å². The van der Waals surface area contributed by atoms with E-state index in [0.717, 1.165) is 107 Å². The van der Waals surface area contributed by atoms with Gasteiger partial charge in [-0.15, -0.1) is 0 Å². The minimum Gasteiger partial charge on any atom is -0.508 e. The fourth-order valence-electron chi connectivity index (χ4n) is 16.1. The van der Waals surface area contributed by atoms with Crippen molar-refractivity contribution in [3.63, 3.8) is 0 Å². The Morgan fingerprint density at radius 2 is 0.611 bits per heavy atom. The molecule has 720 valence electrons. The molecule has 25 nitrogen and oxygen atoms in total. The van der Waals surface area contributed by atoms with Crippen LogP contribution in [-0.4, -0.2) is 130 Å². The van der Waals surface area contributed by atoms with Gasteiger partial charge >= 0.3 is 11.9 Å². The predicted octanol–water partition coefficient (Wildman–Crippen LogP) is 23.4. The third kappa shape index (κ3) is 24.4. The number of rotatable bonds is 11. The molecule has 0 amide bonds. The van der Waals surface area contributed by atoms with Gasteiger partial charge in [-0.05, 0) is 279 Å². The summed E-state index contributed by atoms with van der Waals surface area (Å²) in [5.74, 6) is 5.47. The molecular weight excluding hydrogens is 1830 g/mol. The van der Waals surface area contributed by atoms with E-state index in [2.05, 4.69) is 18.2 Å². The van der Waals surface area contributed by atoms with Gasteiger partial charge in [0.1, 0.15) is 143 Å². The van der Waals surface area contributed by atoms with Crippen molar-refractivity contribution in [3.05, 3.63) is 435 Å². The van der Waals surface area contributed by atoms with Crippen molar-refractivity contribution in [2.24, 2.45) is 0 Å². The number of benzene rings is 16. The highest BCUT2D eigenvalue weighted by molar-refractivity contribution is 5.95. The first kappa shape index (κ1) is 96.4. The quantitative estimate of drug-likeness (QED) is 0.0325. The Kier molecular flexibility index (Phi) is 29.7. The standard InChI is InChI=1S/C29H20O5.3C15H12O4.C15H14O3.C15H12O3.C15H12O2/c30-28(21-7-3-1-4-8-21)33-25-14-11-20(12-15-25)24-17-23-13-16-26(18-27(23)32-19-24)34-29(31)22-9-5-2-6-10-22;16-12-4-1-9(2-5-12)11-7-10-3-6-13(17)14(18)15(10)19-8-11;16-11-3-1-9(2-4-11)10-5-13-14(18)6-12(17)7-15(13)19-8-10;16-12-3-1-9(2-4-12)11-5-10-6-13(17)14(18)7-15(10)19-8-11;16-13-4-1-10(2-5-13)12-7-11-3-6-14(17)8-15(11)18-9-12;16-13-3-1-2-10(7-13)12-6-11-4-5-14(17)8-15(11)18-9-12;16-14-7-6-12-8-13(10-17-15(12)9-14)11-4-2-1-3-5-11/h1-18H,19H2;3*1-7,16-18H,8H2;1-6,8,12,16-17H,7,9H2;1-8,16-17H,9H2;1-9,16H,10H2. The van der Waals surface area contributed by atoms with Crippen LogP contribution in [0.3, 0.4) is 0 Å². The molecule has 0 saturated heterocycles. The average molecular weight is 1920 g/mol. The second-order valence-electron chi connectivity index (χ2n) is 33.7. The topological polar surface area (TPSA) is 400 Å². The Labute approximate surface area is 826 Å². The number of carbonyl (C=O) groups is 2. The van der Waals surface area contributed by atoms with Crippen molar-refractivity contribution in [1.82, 2.24) is 0 Å². The first-order valence-corrected chi connectivity index (χ1v) is 45.4. The maximum absolute atomic E-state index is 12.3. The zero-order chi connectivity index (χ0) is 100. The van der Waals surface area contributed by atoms with Crippen molar-refractivity contribution >= 4 is 81.8 Å². The van der Waals surface area contributed by atoms with E-state index in [-0.39, 0.29) is 80.5 Å². The number of hydrogen-bond acceptors (Lipinski definition) is 25. The molecule has 1 unspecified atom stereocenters. The van der Waals surface area contributed by atoms with Crippen molar-refractivity contribution in [1.29, 1.82) is 0 Å². The Balaban J connectivity index is 0.000000117. The fraction of sp³-hybridized carbons (Fsp3) is 0.0756. The van der Waals surface area contributed by atoms with E-state index in [1.807, 2.05) is 115 Å². The largest absolute Gasteiger partial charge is 0.508 e. The normalized spacial score (nSPS) is 13.7. The van der Waals surface area contributed by atoms with Crippen molar-refractivity contribution in [2.75, 3.05) is 46.2 Å². The maximum Gasteiger partial charge on any atom is 0.343 e. The number of phenolic OH excluding ortho intramolecular Hbond substituents is 14. The number of fused-ring (bicyclic) bond motifs is 7. The van der Waals surface area contributed by atoms with Crippen LogP contribution in [0.2, 0.25) is 0 Å². The summed E-state index contributed by atoms with van der Waals surface area (Å²) in [6, 6.07) is 99.4. The molecule has 0 saturated carbocycles. The number of carbonyl (C=O) groups excluding carboxylic acids is 2. The monoisotopic (exact) mass is 1920 g/mol. The van der Waals surface area contributed by atoms with Gasteiger partial charge in [0, 0.05) is 76.2 Å². The molecule has 0 bridgehead atoms. The molecule has 7 aliphatic heterocycles. The molecule has 144 heavy (non-hydrogen) atoms. The summed E-state index contributed by atoms with van der Waals surface area (Å²) in [7, 11) is 0. The fourth-order valence-corrected chi connectivity index (χ4v) is 16.1. The zero-order valence-corrected chi connectivity index (χ0v) is 76.9. The summed E-state index contributed by atoms with van der Waals surface area (Å²) < 4.78 is 50.3. The van der Waals surface area contributed by atoms with Crippen LogP contribution in [0, 0.1) is 0 Å². The SMILES string of the molecule is O=C(Oc1ccc(C2=Cc3ccc(OC(=O)c4ccccc4)cc3OC2)cc1)c1ccccc1.Oc1ccc(C2=Cc3c(O)cc(O)cc3OC2)cc1.Oc1ccc(C2=Cc3cc(O)c(O)cc3OC2)cc1.Oc1ccc(C2=Cc3ccc(O)c(O)c3OC2)cc1.Oc1ccc(C2COc3cc(O)ccc3C2)cc1.Oc1ccc2c(c1)OCC(c1ccccc1)=C2.Oc1cccc(C2=Cc3ccc(O)cc3OC2)c1. The summed E-state index contributed by atoms with van der Waals surface area (Å²) in [6.45, 7) is 2.96. The molecule has 7 aliphatic rings. The summed E-state index contributed by atoms with van der Waals surface area (Å²) >= 11 is 0. The van der Waals surface area contributed by atoms with Gasteiger partial charge in [-0.3, -0.25) is 0 Å². The van der Waals surface area contributed by atoms with E-state index in [1.54, 1.807) is 218 Å². The van der Waals surface area contributed by atoms with Gasteiger partial charge in [-0.1, -0.05) is 146 Å². The van der Waals surface area contributed by atoms with Gasteiger partial charge in [0.25, 0.3) is 0 Å². The smallest absolute Gasteiger partial charge is 0.343 e. The van der Waals surface area contributed by atoms with Crippen LogP contribution < -0.4 is 42.6 Å². The molecule has 16 aromatic carbocycles. The van der Waals surface area contributed by atoms with Crippen molar-refractivity contribution in [2.45, 2.75) is 12.3 Å². The Hall–Kier alpha value is -19.3. The van der Waals surface area contributed by atoms with Crippen LogP contribution in [0.5, 0.6) is 132 Å². The summed E-state index contributed by atoms with van der Waals surface area (Å²) in [4.78, 5) is 24.5. The van der Waals surface area contributed by atoms with Crippen LogP contribution >= 0.6 is 0 Å². The summed E-state index contributed by atoms with van der Waals surface area (Å²) in [6.07, 6.45) is 12.6. The number of hydrogen-bond donors (Lipinski definition) is 14. The van der Waals surface area contributed by atoms with Gasteiger partial charge < -0.3 is 114 Å². The lowest BCUT2D eigenvalue weighted by Crippen LogP contribution is -2.18. The second-order valence-corrected chi connectivity index (χ2v) is 33.7. The van der Waals surface area contributed by atoms with Gasteiger partial charge in [0.05, 0.1) is 23.3 Å². The first-order valence-electron chi connectivity index (χ1n) is 45.4. The molecule has 25 heteroatoms.